The number of halogens is 1. The van der Waals surface area contributed by atoms with Gasteiger partial charge in [-0.25, -0.2) is 17.6 Å². The summed E-state index contributed by atoms with van der Waals surface area (Å²) in [7, 11) is -3.09. The summed E-state index contributed by atoms with van der Waals surface area (Å²) in [5.41, 5.74) is 2.05. The van der Waals surface area contributed by atoms with E-state index < -0.39 is 46.3 Å². The minimum absolute atomic E-state index is 0.0261. The molecule has 3 aromatic rings. The van der Waals surface area contributed by atoms with Crippen molar-refractivity contribution in [1.29, 1.82) is 0 Å². The molecule has 1 aliphatic heterocycles. The molecule has 0 spiro atoms. The van der Waals surface area contributed by atoms with Gasteiger partial charge in [-0.2, -0.15) is 4.68 Å². The molecule has 0 aliphatic carbocycles. The molecule has 1 fully saturated rings. The Balaban J connectivity index is 1.39. The Morgan fingerprint density at radius 3 is 2.59 bits per heavy atom. The Morgan fingerprint density at radius 2 is 1.94 bits per heavy atom. The minimum Gasteiger partial charge on any atom is -0.456 e. The number of carbonyl (C=O) groups excluding carboxylic acids is 2. The van der Waals surface area contributed by atoms with Crippen molar-refractivity contribution in [2.24, 2.45) is 0 Å². The Morgan fingerprint density at radius 1 is 1.24 bits per heavy atom. The SMILES string of the molecule is Cc1cc(C(=O)COC(=O)Cn2nc(-c3ccc(F)cc3)oc2=O)c(C)n1C1CCS(=O)(=O)C1. The van der Waals surface area contributed by atoms with E-state index in [2.05, 4.69) is 5.10 Å². The third kappa shape index (κ3) is 4.86. The van der Waals surface area contributed by atoms with Gasteiger partial charge in [0, 0.05) is 28.6 Å². The highest BCUT2D eigenvalue weighted by atomic mass is 32.2. The number of carbonyl (C=O) groups is 2. The molecular weight excluding hydrogens is 469 g/mol. The lowest BCUT2D eigenvalue weighted by Crippen LogP contribution is -2.24. The fourth-order valence-electron chi connectivity index (χ4n) is 4.11. The van der Waals surface area contributed by atoms with Crippen LogP contribution in [0.5, 0.6) is 0 Å². The van der Waals surface area contributed by atoms with Crippen LogP contribution in [-0.4, -0.2) is 52.6 Å². The van der Waals surface area contributed by atoms with Gasteiger partial charge in [0.1, 0.15) is 12.4 Å². The zero-order chi connectivity index (χ0) is 24.6. The molecule has 0 bridgehead atoms. The van der Waals surface area contributed by atoms with Crippen LogP contribution in [0.4, 0.5) is 4.39 Å². The summed E-state index contributed by atoms with van der Waals surface area (Å²) >= 11 is 0. The van der Waals surface area contributed by atoms with Crippen LogP contribution in [-0.2, 0) is 25.9 Å². The quantitative estimate of drug-likeness (QED) is 0.362. The zero-order valence-electron chi connectivity index (χ0n) is 18.5. The molecule has 0 radical (unpaired) electrons. The van der Waals surface area contributed by atoms with Gasteiger partial charge in [0.05, 0.1) is 11.5 Å². The maximum Gasteiger partial charge on any atom is 0.437 e. The molecule has 2 aromatic heterocycles. The lowest BCUT2D eigenvalue weighted by Gasteiger charge is -2.16. The first-order chi connectivity index (χ1) is 16.0. The molecule has 180 valence electrons. The Hall–Kier alpha value is -3.54. The number of aromatic nitrogens is 3. The first kappa shape index (κ1) is 23.6. The van der Waals surface area contributed by atoms with Crippen molar-refractivity contribution >= 4 is 21.6 Å². The van der Waals surface area contributed by atoms with E-state index in [1.807, 2.05) is 4.57 Å². The highest BCUT2D eigenvalue weighted by molar-refractivity contribution is 7.91. The number of benzene rings is 1. The number of esters is 1. The first-order valence-corrected chi connectivity index (χ1v) is 12.3. The van der Waals surface area contributed by atoms with Crippen LogP contribution in [0.15, 0.2) is 39.5 Å². The van der Waals surface area contributed by atoms with E-state index in [0.717, 1.165) is 10.4 Å². The fourth-order valence-corrected chi connectivity index (χ4v) is 5.81. The topological polar surface area (TPSA) is 130 Å². The second-order valence-electron chi connectivity index (χ2n) is 8.13. The van der Waals surface area contributed by atoms with Gasteiger partial charge in [-0.3, -0.25) is 9.59 Å². The smallest absolute Gasteiger partial charge is 0.437 e. The van der Waals surface area contributed by atoms with E-state index in [1.165, 1.54) is 24.3 Å². The van der Waals surface area contributed by atoms with E-state index in [4.69, 9.17) is 9.15 Å². The third-order valence-electron chi connectivity index (χ3n) is 5.70. The summed E-state index contributed by atoms with van der Waals surface area (Å²) in [4.78, 5) is 36.8. The first-order valence-electron chi connectivity index (χ1n) is 10.5. The molecule has 3 heterocycles. The molecule has 1 atom stereocenters. The molecular formula is C22H22FN3O7S. The number of ketones is 1. The van der Waals surface area contributed by atoms with Crippen LogP contribution >= 0.6 is 0 Å². The largest absolute Gasteiger partial charge is 0.456 e. The number of Topliss-reactive ketones (excluding diaryl/α,β-unsaturated/α-hetero) is 1. The fraction of sp³-hybridized carbons (Fsp3) is 0.364. The van der Waals surface area contributed by atoms with Gasteiger partial charge in [0.25, 0.3) is 0 Å². The van der Waals surface area contributed by atoms with Crippen LogP contribution in [0, 0.1) is 19.7 Å². The molecule has 34 heavy (non-hydrogen) atoms. The van der Waals surface area contributed by atoms with Crippen molar-refractivity contribution in [2.45, 2.75) is 32.9 Å². The van der Waals surface area contributed by atoms with Crippen LogP contribution in [0.1, 0.15) is 34.2 Å². The average molecular weight is 491 g/mol. The second kappa shape index (κ2) is 9.01. The van der Waals surface area contributed by atoms with Crippen LogP contribution in [0.3, 0.4) is 0 Å². The van der Waals surface area contributed by atoms with Crippen molar-refractivity contribution in [2.75, 3.05) is 18.1 Å². The standard InChI is InChI=1S/C22H22FN3O7S/c1-13-9-18(14(2)26(13)17-7-8-34(30,31)12-17)19(27)11-32-20(28)10-25-22(29)33-21(24-25)15-3-5-16(23)6-4-15/h3-6,9,17H,7-8,10-12H2,1-2H3. The number of hydrogen-bond donors (Lipinski definition) is 0. The highest BCUT2D eigenvalue weighted by Crippen LogP contribution is 2.29. The van der Waals surface area contributed by atoms with Crippen molar-refractivity contribution in [3.8, 4) is 11.5 Å². The number of rotatable bonds is 7. The van der Waals surface area contributed by atoms with Crippen molar-refractivity contribution in [3.05, 3.63) is 63.7 Å². The van der Waals surface area contributed by atoms with Crippen LogP contribution < -0.4 is 5.76 Å². The van der Waals surface area contributed by atoms with Gasteiger partial charge in [-0.1, -0.05) is 0 Å². The van der Waals surface area contributed by atoms with Gasteiger partial charge in [0.15, 0.2) is 16.4 Å². The van der Waals surface area contributed by atoms with E-state index in [1.54, 1.807) is 19.9 Å². The number of ether oxygens (including phenoxy) is 1. The predicted octanol–water partition coefficient (Wildman–Crippen LogP) is 1.85. The zero-order valence-corrected chi connectivity index (χ0v) is 19.3. The van der Waals surface area contributed by atoms with Gasteiger partial charge < -0.3 is 13.7 Å². The monoisotopic (exact) mass is 491 g/mol. The molecule has 0 N–H and O–H groups in total. The summed E-state index contributed by atoms with van der Waals surface area (Å²) < 4.78 is 49.3. The molecule has 1 aliphatic rings. The summed E-state index contributed by atoms with van der Waals surface area (Å²) in [5.74, 6) is -2.64. The van der Waals surface area contributed by atoms with E-state index in [9.17, 15) is 27.2 Å². The number of sulfone groups is 1. The molecule has 0 amide bonds. The Bertz CT molecular complexity index is 1420. The lowest BCUT2D eigenvalue weighted by atomic mass is 10.1. The Labute approximate surface area is 193 Å². The van der Waals surface area contributed by atoms with E-state index in [0.29, 0.717) is 23.2 Å². The average Bonchev–Trinajstić information content (AvgIpc) is 3.41. The van der Waals surface area contributed by atoms with Crippen LogP contribution in [0.25, 0.3) is 11.5 Å². The second-order valence-corrected chi connectivity index (χ2v) is 10.4. The summed E-state index contributed by atoms with van der Waals surface area (Å²) in [6, 6.07) is 6.52. The highest BCUT2D eigenvalue weighted by Gasteiger charge is 2.31. The van der Waals surface area contributed by atoms with Crippen LogP contribution in [0.2, 0.25) is 0 Å². The van der Waals surface area contributed by atoms with E-state index >= 15 is 0 Å². The molecule has 10 nitrogen and oxygen atoms in total. The summed E-state index contributed by atoms with van der Waals surface area (Å²) in [6.07, 6.45) is 0.480. The molecule has 4 rings (SSSR count). The maximum atomic E-state index is 13.1. The summed E-state index contributed by atoms with van der Waals surface area (Å²) in [6.45, 7) is 2.38. The van der Waals surface area contributed by atoms with Gasteiger partial charge >= 0.3 is 11.7 Å². The predicted molar refractivity (Wildman–Crippen MR) is 118 cm³/mol. The third-order valence-corrected chi connectivity index (χ3v) is 7.45. The van der Waals surface area contributed by atoms with Gasteiger partial charge in [-0.15, -0.1) is 5.10 Å². The van der Waals surface area contributed by atoms with Crippen molar-refractivity contribution < 1.29 is 31.6 Å². The molecule has 0 saturated carbocycles. The van der Waals surface area contributed by atoms with Crippen molar-refractivity contribution in [3.63, 3.8) is 0 Å². The Kier molecular flexibility index (Phi) is 6.26. The number of aryl methyl sites for hydroxylation is 1. The lowest BCUT2D eigenvalue weighted by molar-refractivity contribution is -0.143. The number of hydrogen-bond acceptors (Lipinski definition) is 8. The molecule has 1 saturated heterocycles. The number of nitrogens with zero attached hydrogens (tertiary/aromatic N) is 3. The maximum absolute atomic E-state index is 13.1. The summed E-state index contributed by atoms with van der Waals surface area (Å²) in [5, 5.41) is 3.90. The van der Waals surface area contributed by atoms with Gasteiger partial charge in [-0.05, 0) is 50.6 Å². The van der Waals surface area contributed by atoms with E-state index in [-0.39, 0.29) is 23.4 Å². The normalized spacial score (nSPS) is 17.1. The minimum atomic E-state index is -3.09. The molecule has 12 heteroatoms. The molecule has 1 unspecified atom stereocenters. The van der Waals surface area contributed by atoms with Gasteiger partial charge in [0.2, 0.25) is 11.7 Å². The molecule has 1 aromatic carbocycles. The van der Waals surface area contributed by atoms with Crippen molar-refractivity contribution in [1.82, 2.24) is 14.3 Å².